The Balaban J connectivity index is 1.22. The third-order valence-corrected chi connectivity index (χ3v) is 10.9. The van der Waals surface area contributed by atoms with Crippen LogP contribution in [0.4, 0.5) is 0 Å². The lowest BCUT2D eigenvalue weighted by Gasteiger charge is -2.55. The van der Waals surface area contributed by atoms with Gasteiger partial charge in [0.2, 0.25) is 0 Å². The van der Waals surface area contributed by atoms with E-state index < -0.39 is 0 Å². The lowest BCUT2D eigenvalue weighted by Crippen LogP contribution is -2.41. The first-order valence-corrected chi connectivity index (χ1v) is 15.7. The molecule has 212 valence electrons. The van der Waals surface area contributed by atoms with Crippen LogP contribution < -0.4 is 0 Å². The smallest absolute Gasteiger partial charge is 0.0270 e. The van der Waals surface area contributed by atoms with Crippen LogP contribution in [0.2, 0.25) is 0 Å². The fourth-order valence-electron chi connectivity index (χ4n) is 9.04. The summed E-state index contributed by atoms with van der Waals surface area (Å²) in [7, 11) is 0. The third kappa shape index (κ3) is 3.90. The average Bonchev–Trinajstić information content (AvgIpc) is 3.07. The summed E-state index contributed by atoms with van der Waals surface area (Å²) in [5, 5.41) is 0. The lowest BCUT2D eigenvalue weighted by atomic mass is 9.47. The van der Waals surface area contributed by atoms with Crippen molar-refractivity contribution in [2.24, 2.45) is 0 Å². The van der Waals surface area contributed by atoms with E-state index in [1.165, 1.54) is 44.5 Å². The molecule has 0 radical (unpaired) electrons. The second kappa shape index (κ2) is 10.3. The summed E-state index contributed by atoms with van der Waals surface area (Å²) in [6.45, 7) is 0. The van der Waals surface area contributed by atoms with Crippen LogP contribution >= 0.6 is 0 Å². The summed E-state index contributed by atoms with van der Waals surface area (Å²) in [4.78, 5) is 17.4. The molecule has 0 N–H and O–H groups in total. The van der Waals surface area contributed by atoms with Crippen LogP contribution in [0.15, 0.2) is 147 Å². The zero-order chi connectivity index (χ0) is 29.0. The Morgan fingerprint density at radius 1 is 0.205 bits per heavy atom. The van der Waals surface area contributed by atoms with Gasteiger partial charge in [-0.25, -0.2) is 0 Å². The van der Waals surface area contributed by atoms with Gasteiger partial charge in [-0.15, -0.1) is 0 Å². The summed E-state index contributed by atoms with van der Waals surface area (Å²) >= 11 is 0. The number of aromatic nitrogens is 4. The fourth-order valence-corrected chi connectivity index (χ4v) is 9.04. The molecule has 6 aliphatic rings. The summed E-state index contributed by atoms with van der Waals surface area (Å²) in [6, 6.07) is 37.1. The van der Waals surface area contributed by atoms with Crippen molar-refractivity contribution < 1.29 is 0 Å². The van der Waals surface area contributed by atoms with Gasteiger partial charge in [0.05, 0.1) is 0 Å². The number of pyridine rings is 4. The van der Waals surface area contributed by atoms with Gasteiger partial charge >= 0.3 is 0 Å². The molecule has 2 saturated carbocycles. The molecular weight excluding hydrogens is 536 g/mol. The van der Waals surface area contributed by atoms with Gasteiger partial charge < -0.3 is 0 Å². The van der Waals surface area contributed by atoms with Crippen LogP contribution in [-0.4, -0.2) is 19.9 Å². The molecule has 0 amide bonds. The molecule has 8 atom stereocenters. The van der Waals surface area contributed by atoms with Gasteiger partial charge in [0, 0.05) is 49.6 Å². The Hall–Kier alpha value is -4.96. The highest BCUT2D eigenvalue weighted by atomic mass is 14.7. The van der Waals surface area contributed by atoms with Gasteiger partial charge in [0.25, 0.3) is 0 Å². The summed E-state index contributed by atoms with van der Waals surface area (Å²) in [6.07, 6.45) is 15.5. The van der Waals surface area contributed by atoms with E-state index in [1.54, 1.807) is 0 Å². The molecule has 12 rings (SSSR count). The first-order valence-electron chi connectivity index (χ1n) is 15.7. The first-order chi connectivity index (χ1) is 21.9. The van der Waals surface area contributed by atoms with Gasteiger partial charge in [-0.05, 0) is 140 Å². The number of hydrogen-bond donors (Lipinski definition) is 0. The average molecular weight is 569 g/mol. The van der Waals surface area contributed by atoms with Crippen molar-refractivity contribution in [2.75, 3.05) is 0 Å². The molecule has 0 saturated heterocycles. The quantitative estimate of drug-likeness (QED) is 0.214. The monoisotopic (exact) mass is 568 g/mol. The minimum Gasteiger partial charge on any atom is -0.265 e. The van der Waals surface area contributed by atoms with Crippen LogP contribution in [0.1, 0.15) is 91.9 Å². The van der Waals surface area contributed by atoms with Crippen molar-refractivity contribution in [2.45, 2.75) is 47.3 Å². The second-order valence-electron chi connectivity index (χ2n) is 12.7. The van der Waals surface area contributed by atoms with Crippen molar-refractivity contribution >= 4 is 0 Å². The zero-order valence-corrected chi connectivity index (χ0v) is 24.3. The predicted octanol–water partition coefficient (Wildman–Crippen LogP) is 8.48. The van der Waals surface area contributed by atoms with E-state index in [9.17, 15) is 0 Å². The van der Waals surface area contributed by atoms with Crippen molar-refractivity contribution in [3.63, 3.8) is 0 Å². The minimum absolute atomic E-state index is 0.357. The number of hydrogen-bond acceptors (Lipinski definition) is 4. The molecule has 4 heteroatoms. The Bertz CT molecular complexity index is 1590. The van der Waals surface area contributed by atoms with Crippen LogP contribution in [0.3, 0.4) is 0 Å². The van der Waals surface area contributed by atoms with Crippen molar-refractivity contribution in [3.8, 4) is 0 Å². The van der Waals surface area contributed by atoms with Crippen molar-refractivity contribution in [1.29, 1.82) is 0 Å². The Morgan fingerprint density at radius 3 is 0.500 bits per heavy atom. The number of rotatable bonds is 4. The molecule has 0 spiro atoms. The summed E-state index contributed by atoms with van der Waals surface area (Å²) in [5.41, 5.74) is 11.1. The molecule has 6 aliphatic carbocycles. The number of nitrogens with zero attached hydrogens (tertiary/aromatic N) is 4. The van der Waals surface area contributed by atoms with Gasteiger partial charge in [-0.2, -0.15) is 0 Å². The normalized spacial score (nSPS) is 28.0. The van der Waals surface area contributed by atoms with Gasteiger partial charge in [0.1, 0.15) is 0 Å². The SMILES string of the molecule is c1cc([C@@H]2C3c4ccc(cc4)C4C(c5ccc(cc5)C3[C@@H]2c2ccncc2)[C@H](c2ccncc2)[C@@H]4c2ccncc2)ccn1. The second-order valence-corrected chi connectivity index (χ2v) is 12.7. The van der Waals surface area contributed by atoms with Crippen LogP contribution in [-0.2, 0) is 0 Å². The molecular formula is C40H32N4. The van der Waals surface area contributed by atoms with E-state index in [1.807, 2.05) is 49.6 Å². The Morgan fingerprint density at radius 2 is 0.341 bits per heavy atom. The molecule has 44 heavy (non-hydrogen) atoms. The first kappa shape index (κ1) is 25.5. The standard InChI is InChI=1S/C40H32N4/c1-2-26-4-3-25(1)33-35(39(31-13-21-43-22-14-31)37(33)29-9-17-41-18-10-29)27-5-7-28(8-6-27)36-34(26)38(30-11-19-42-20-12-30)40(36)32-15-23-44-24-16-32/h1-24,33-40H/t33?,34?,35?,36?,37-,38-,39+,40+. The Labute approximate surface area is 257 Å². The molecule has 4 bridgehead atoms. The molecule has 0 aliphatic heterocycles. The van der Waals surface area contributed by atoms with Crippen LogP contribution in [0.25, 0.3) is 0 Å². The van der Waals surface area contributed by atoms with E-state index in [0.717, 1.165) is 0 Å². The lowest BCUT2D eigenvalue weighted by molar-refractivity contribution is 0.222. The molecule has 4 heterocycles. The molecule has 4 unspecified atom stereocenters. The number of benzene rings is 2. The van der Waals surface area contributed by atoms with Crippen molar-refractivity contribution in [1.82, 2.24) is 19.9 Å². The van der Waals surface area contributed by atoms with E-state index in [-0.39, 0.29) is 0 Å². The molecule has 6 aromatic rings. The topological polar surface area (TPSA) is 51.6 Å². The predicted molar refractivity (Wildman–Crippen MR) is 172 cm³/mol. The zero-order valence-electron chi connectivity index (χ0n) is 24.3. The van der Waals surface area contributed by atoms with Crippen molar-refractivity contribution in [3.05, 3.63) is 191 Å². The molecule has 2 fully saturated rings. The largest absolute Gasteiger partial charge is 0.265 e. The maximum absolute atomic E-state index is 4.35. The van der Waals surface area contributed by atoms with Gasteiger partial charge in [0.15, 0.2) is 0 Å². The van der Waals surface area contributed by atoms with E-state index >= 15 is 0 Å². The van der Waals surface area contributed by atoms with Crippen LogP contribution in [0, 0.1) is 0 Å². The summed E-state index contributed by atoms with van der Waals surface area (Å²) < 4.78 is 0. The molecule has 4 aromatic heterocycles. The van der Waals surface area contributed by atoms with Gasteiger partial charge in [-0.1, -0.05) is 48.5 Å². The van der Waals surface area contributed by atoms with E-state index in [2.05, 4.69) is 117 Å². The summed E-state index contributed by atoms with van der Waals surface area (Å²) in [5.74, 6) is 2.90. The van der Waals surface area contributed by atoms with Gasteiger partial charge in [-0.3, -0.25) is 19.9 Å². The third-order valence-electron chi connectivity index (χ3n) is 10.9. The molecule has 4 nitrogen and oxygen atoms in total. The highest BCUT2D eigenvalue weighted by Crippen LogP contribution is 2.69. The maximum Gasteiger partial charge on any atom is 0.0270 e. The minimum atomic E-state index is 0.357. The van der Waals surface area contributed by atoms with E-state index in [0.29, 0.717) is 47.3 Å². The highest BCUT2D eigenvalue weighted by Gasteiger charge is 2.55. The Kier molecular flexibility index (Phi) is 6.00. The molecule has 2 aromatic carbocycles. The highest BCUT2D eigenvalue weighted by molar-refractivity contribution is 5.53. The van der Waals surface area contributed by atoms with E-state index in [4.69, 9.17) is 0 Å². The fraction of sp³-hybridized carbons (Fsp3) is 0.200. The maximum atomic E-state index is 4.35. The van der Waals surface area contributed by atoms with Crippen LogP contribution in [0.5, 0.6) is 0 Å².